The van der Waals surface area contributed by atoms with E-state index in [0.29, 0.717) is 5.56 Å². The summed E-state index contributed by atoms with van der Waals surface area (Å²) in [6, 6.07) is 8.38. The molecule has 0 atom stereocenters. The van der Waals surface area contributed by atoms with Gasteiger partial charge in [0, 0.05) is 5.41 Å². The van der Waals surface area contributed by atoms with Gasteiger partial charge in [0.25, 0.3) is 0 Å². The van der Waals surface area contributed by atoms with Gasteiger partial charge >= 0.3 is 12.1 Å². The second-order valence-corrected chi connectivity index (χ2v) is 4.88. The number of halogens is 3. The van der Waals surface area contributed by atoms with Crippen LogP contribution >= 0.6 is 0 Å². The monoisotopic (exact) mass is 258 g/mol. The van der Waals surface area contributed by atoms with Crippen molar-refractivity contribution in [3.63, 3.8) is 0 Å². The molecule has 1 aromatic carbocycles. The lowest BCUT2D eigenvalue weighted by Gasteiger charge is -2.47. The largest absolute Gasteiger partial charge is 0.481 e. The van der Waals surface area contributed by atoms with Crippen LogP contribution in [0.4, 0.5) is 13.2 Å². The minimum Gasteiger partial charge on any atom is -0.481 e. The molecule has 1 fully saturated rings. The zero-order valence-electron chi connectivity index (χ0n) is 9.57. The fourth-order valence-electron chi connectivity index (χ4n) is 2.72. The number of benzene rings is 1. The average Bonchev–Trinajstić information content (AvgIpc) is 2.22. The SMILES string of the molecule is O=C(O)C1CC(CC(F)(F)F)(c2ccccc2)C1. The van der Waals surface area contributed by atoms with Crippen LogP contribution < -0.4 is 0 Å². The molecule has 0 spiro atoms. The fourth-order valence-corrected chi connectivity index (χ4v) is 2.72. The van der Waals surface area contributed by atoms with Crippen molar-refractivity contribution in [2.45, 2.75) is 30.9 Å². The molecule has 0 aliphatic heterocycles. The van der Waals surface area contributed by atoms with Crippen molar-refractivity contribution in [3.05, 3.63) is 35.9 Å². The van der Waals surface area contributed by atoms with E-state index in [2.05, 4.69) is 0 Å². The Morgan fingerprint density at radius 2 is 1.83 bits per heavy atom. The molecule has 18 heavy (non-hydrogen) atoms. The highest BCUT2D eigenvalue weighted by Crippen LogP contribution is 2.53. The molecular formula is C13H13F3O2. The number of hydrogen-bond acceptors (Lipinski definition) is 1. The Hall–Kier alpha value is -1.52. The maximum Gasteiger partial charge on any atom is 0.389 e. The Labute approximate surface area is 102 Å². The Balaban J connectivity index is 2.24. The number of aliphatic carboxylic acids is 1. The van der Waals surface area contributed by atoms with Crippen LogP contribution in [0.3, 0.4) is 0 Å². The summed E-state index contributed by atoms with van der Waals surface area (Å²) in [7, 11) is 0. The molecular weight excluding hydrogens is 245 g/mol. The summed E-state index contributed by atoms with van der Waals surface area (Å²) in [4.78, 5) is 10.8. The van der Waals surface area contributed by atoms with Crippen molar-refractivity contribution in [1.82, 2.24) is 0 Å². The Morgan fingerprint density at radius 1 is 1.28 bits per heavy atom. The summed E-state index contributed by atoms with van der Waals surface area (Å²) >= 11 is 0. The predicted octanol–water partition coefficient (Wildman–Crippen LogP) is 3.37. The first-order chi connectivity index (χ1) is 8.32. The average molecular weight is 258 g/mol. The number of carboxylic acids is 1. The molecule has 0 saturated heterocycles. The Bertz CT molecular complexity index is 433. The summed E-state index contributed by atoms with van der Waals surface area (Å²) in [6.07, 6.45) is -5.11. The van der Waals surface area contributed by atoms with Crippen molar-refractivity contribution in [1.29, 1.82) is 0 Å². The van der Waals surface area contributed by atoms with Crippen LogP contribution in [0.5, 0.6) is 0 Å². The first-order valence-corrected chi connectivity index (χ1v) is 5.67. The minimum absolute atomic E-state index is 0.0614. The van der Waals surface area contributed by atoms with Crippen molar-refractivity contribution in [2.75, 3.05) is 0 Å². The molecule has 0 bridgehead atoms. The normalized spacial score (nSPS) is 27.6. The lowest BCUT2D eigenvalue weighted by atomic mass is 9.57. The lowest BCUT2D eigenvalue weighted by Crippen LogP contribution is -2.47. The molecule has 5 heteroatoms. The van der Waals surface area contributed by atoms with Gasteiger partial charge in [-0.2, -0.15) is 13.2 Å². The summed E-state index contributed by atoms with van der Waals surface area (Å²) in [5, 5.41) is 8.83. The second kappa shape index (κ2) is 4.30. The quantitative estimate of drug-likeness (QED) is 0.902. The minimum atomic E-state index is -4.28. The van der Waals surface area contributed by atoms with E-state index in [9.17, 15) is 18.0 Å². The number of carbonyl (C=O) groups is 1. The van der Waals surface area contributed by atoms with Gasteiger partial charge in [0.05, 0.1) is 12.3 Å². The van der Waals surface area contributed by atoms with E-state index in [4.69, 9.17) is 5.11 Å². The Kier molecular flexibility index (Phi) is 3.09. The molecule has 0 aromatic heterocycles. The number of alkyl halides is 3. The molecule has 1 aliphatic carbocycles. The fraction of sp³-hybridized carbons (Fsp3) is 0.462. The molecule has 0 heterocycles. The van der Waals surface area contributed by atoms with Gasteiger partial charge in [0.1, 0.15) is 0 Å². The van der Waals surface area contributed by atoms with E-state index >= 15 is 0 Å². The van der Waals surface area contributed by atoms with Gasteiger partial charge in [-0.05, 0) is 18.4 Å². The van der Waals surface area contributed by atoms with Gasteiger partial charge in [0.2, 0.25) is 0 Å². The molecule has 1 aromatic rings. The molecule has 1 aliphatic rings. The van der Waals surface area contributed by atoms with Crippen LogP contribution in [-0.2, 0) is 10.2 Å². The van der Waals surface area contributed by atoms with E-state index in [-0.39, 0.29) is 12.8 Å². The smallest absolute Gasteiger partial charge is 0.389 e. The highest BCUT2D eigenvalue weighted by atomic mass is 19.4. The third kappa shape index (κ3) is 2.49. The van der Waals surface area contributed by atoms with Crippen LogP contribution in [-0.4, -0.2) is 17.3 Å². The van der Waals surface area contributed by atoms with Gasteiger partial charge in [-0.1, -0.05) is 30.3 Å². The molecule has 1 saturated carbocycles. The first-order valence-electron chi connectivity index (χ1n) is 5.67. The van der Waals surface area contributed by atoms with Crippen LogP contribution in [0.1, 0.15) is 24.8 Å². The molecule has 2 nitrogen and oxygen atoms in total. The van der Waals surface area contributed by atoms with E-state index < -0.39 is 29.9 Å². The number of rotatable bonds is 3. The standard InChI is InChI=1S/C13H13F3O2/c14-13(15,16)8-12(6-9(7-12)11(17)18)10-4-2-1-3-5-10/h1-5,9H,6-8H2,(H,17,18). The lowest BCUT2D eigenvalue weighted by molar-refractivity contribution is -0.169. The van der Waals surface area contributed by atoms with Crippen LogP contribution in [0.15, 0.2) is 30.3 Å². The molecule has 1 N–H and O–H groups in total. The van der Waals surface area contributed by atoms with Gasteiger partial charge in [-0.15, -0.1) is 0 Å². The van der Waals surface area contributed by atoms with Crippen molar-refractivity contribution < 1.29 is 23.1 Å². The van der Waals surface area contributed by atoms with Gasteiger partial charge in [-0.3, -0.25) is 4.79 Å². The van der Waals surface area contributed by atoms with E-state index in [1.54, 1.807) is 30.3 Å². The topological polar surface area (TPSA) is 37.3 Å². The second-order valence-electron chi connectivity index (χ2n) is 4.88. The third-order valence-electron chi connectivity index (χ3n) is 3.55. The van der Waals surface area contributed by atoms with Crippen molar-refractivity contribution >= 4 is 5.97 Å². The number of carboxylic acid groups (broad SMARTS) is 1. The molecule has 0 amide bonds. The third-order valence-corrected chi connectivity index (χ3v) is 3.55. The molecule has 0 radical (unpaired) electrons. The first kappa shape index (κ1) is 12.9. The Morgan fingerprint density at radius 3 is 2.28 bits per heavy atom. The van der Waals surface area contributed by atoms with Crippen molar-refractivity contribution in [3.8, 4) is 0 Å². The van der Waals surface area contributed by atoms with Gasteiger partial charge in [-0.25, -0.2) is 0 Å². The van der Waals surface area contributed by atoms with E-state index in [0.717, 1.165) is 0 Å². The van der Waals surface area contributed by atoms with Crippen LogP contribution in [0.25, 0.3) is 0 Å². The van der Waals surface area contributed by atoms with Crippen molar-refractivity contribution in [2.24, 2.45) is 5.92 Å². The molecule has 0 unspecified atom stereocenters. The summed E-state index contributed by atoms with van der Waals surface area (Å²) in [5.41, 5.74) is -0.470. The summed E-state index contributed by atoms with van der Waals surface area (Å²) < 4.78 is 37.9. The maximum atomic E-state index is 12.6. The number of hydrogen-bond donors (Lipinski definition) is 1. The van der Waals surface area contributed by atoms with Gasteiger partial charge < -0.3 is 5.11 Å². The highest BCUT2D eigenvalue weighted by molar-refractivity contribution is 5.72. The van der Waals surface area contributed by atoms with Gasteiger partial charge in [0.15, 0.2) is 0 Å². The van der Waals surface area contributed by atoms with Crippen LogP contribution in [0.2, 0.25) is 0 Å². The summed E-state index contributed by atoms with van der Waals surface area (Å²) in [6.45, 7) is 0. The molecule has 2 rings (SSSR count). The van der Waals surface area contributed by atoms with E-state index in [1.165, 1.54) is 0 Å². The van der Waals surface area contributed by atoms with E-state index in [1.807, 2.05) is 0 Å². The zero-order valence-corrected chi connectivity index (χ0v) is 9.57. The molecule has 98 valence electrons. The maximum absolute atomic E-state index is 12.6. The zero-order chi connectivity index (χ0) is 13.4. The van der Waals surface area contributed by atoms with Crippen LogP contribution in [0, 0.1) is 5.92 Å². The summed E-state index contributed by atoms with van der Waals surface area (Å²) in [5.74, 6) is -1.67. The predicted molar refractivity (Wildman–Crippen MR) is 59.2 cm³/mol. The highest BCUT2D eigenvalue weighted by Gasteiger charge is 2.53.